The molecule has 3 heterocycles. The summed E-state index contributed by atoms with van der Waals surface area (Å²) in [6.45, 7) is 3.56. The fourth-order valence-electron chi connectivity index (χ4n) is 4.23. The second-order valence-corrected chi connectivity index (χ2v) is 7.53. The summed E-state index contributed by atoms with van der Waals surface area (Å²) < 4.78 is 11.3. The Hall–Kier alpha value is -2.47. The molecule has 2 aromatic rings. The monoisotopic (exact) mass is 351 g/mol. The SMILES string of the molecule is COc1ccc(C2(C(=O)N3CC4(C3)OCc3nc(C)ncc34)CC2)cc1. The first-order valence-corrected chi connectivity index (χ1v) is 8.97. The summed E-state index contributed by atoms with van der Waals surface area (Å²) in [4.78, 5) is 23.9. The molecule has 1 aliphatic carbocycles. The lowest BCUT2D eigenvalue weighted by Crippen LogP contribution is -2.63. The van der Waals surface area contributed by atoms with Gasteiger partial charge in [-0.2, -0.15) is 0 Å². The summed E-state index contributed by atoms with van der Waals surface area (Å²) in [6, 6.07) is 7.88. The first-order valence-electron chi connectivity index (χ1n) is 8.97. The number of nitrogens with zero attached hydrogens (tertiary/aromatic N) is 3. The van der Waals surface area contributed by atoms with Crippen molar-refractivity contribution in [3.8, 4) is 5.75 Å². The molecular formula is C20H21N3O3. The Balaban J connectivity index is 1.35. The van der Waals surface area contributed by atoms with E-state index in [0.717, 1.165) is 41.2 Å². The number of hydrogen-bond donors (Lipinski definition) is 0. The van der Waals surface area contributed by atoms with Gasteiger partial charge in [0.05, 0.1) is 37.9 Å². The van der Waals surface area contributed by atoms with Crippen LogP contribution >= 0.6 is 0 Å². The molecule has 2 fully saturated rings. The van der Waals surface area contributed by atoms with E-state index in [-0.39, 0.29) is 11.3 Å². The highest BCUT2D eigenvalue weighted by Crippen LogP contribution is 2.52. The van der Waals surface area contributed by atoms with Gasteiger partial charge in [0.2, 0.25) is 5.91 Å². The highest BCUT2D eigenvalue weighted by molar-refractivity contribution is 5.92. The number of fused-ring (bicyclic) bond motifs is 2. The molecule has 1 aromatic heterocycles. The molecule has 0 N–H and O–H groups in total. The summed E-state index contributed by atoms with van der Waals surface area (Å²) in [5, 5.41) is 0. The maximum atomic E-state index is 13.2. The van der Waals surface area contributed by atoms with Crippen LogP contribution in [0.15, 0.2) is 30.5 Å². The van der Waals surface area contributed by atoms with E-state index in [4.69, 9.17) is 9.47 Å². The predicted molar refractivity (Wildman–Crippen MR) is 93.7 cm³/mol. The van der Waals surface area contributed by atoms with Crippen molar-refractivity contribution in [1.82, 2.24) is 14.9 Å². The van der Waals surface area contributed by atoms with E-state index < -0.39 is 5.60 Å². The lowest BCUT2D eigenvalue weighted by atomic mass is 9.84. The van der Waals surface area contributed by atoms with Crippen LogP contribution in [0.1, 0.15) is 35.5 Å². The lowest BCUT2D eigenvalue weighted by Gasteiger charge is -2.48. The molecule has 1 saturated heterocycles. The van der Waals surface area contributed by atoms with Gasteiger partial charge in [-0.15, -0.1) is 0 Å². The molecule has 5 rings (SSSR count). The molecule has 1 amide bonds. The number of aryl methyl sites for hydroxylation is 1. The van der Waals surface area contributed by atoms with Crippen LogP contribution in [0.2, 0.25) is 0 Å². The predicted octanol–water partition coefficient (Wildman–Crippen LogP) is 2.09. The Morgan fingerprint density at radius 1 is 1.23 bits per heavy atom. The van der Waals surface area contributed by atoms with Crippen molar-refractivity contribution in [2.45, 2.75) is 37.4 Å². The fraction of sp³-hybridized carbons (Fsp3) is 0.450. The van der Waals surface area contributed by atoms with E-state index in [1.54, 1.807) is 7.11 Å². The number of hydrogen-bond acceptors (Lipinski definition) is 5. The zero-order valence-corrected chi connectivity index (χ0v) is 15.0. The number of rotatable bonds is 3. The van der Waals surface area contributed by atoms with Crippen molar-refractivity contribution in [2.75, 3.05) is 20.2 Å². The molecule has 6 nitrogen and oxygen atoms in total. The van der Waals surface area contributed by atoms with Crippen molar-refractivity contribution in [2.24, 2.45) is 0 Å². The van der Waals surface area contributed by atoms with Gasteiger partial charge in [-0.1, -0.05) is 12.1 Å². The van der Waals surface area contributed by atoms with Crippen LogP contribution in [0.4, 0.5) is 0 Å². The van der Waals surface area contributed by atoms with Crippen molar-refractivity contribution in [3.63, 3.8) is 0 Å². The average molecular weight is 351 g/mol. The maximum absolute atomic E-state index is 13.2. The minimum atomic E-state index is -0.408. The number of aromatic nitrogens is 2. The van der Waals surface area contributed by atoms with Gasteiger partial charge >= 0.3 is 0 Å². The van der Waals surface area contributed by atoms with Crippen LogP contribution in [-0.4, -0.2) is 41.0 Å². The molecule has 0 atom stereocenters. The Labute approximate surface area is 152 Å². The van der Waals surface area contributed by atoms with Gasteiger partial charge in [-0.25, -0.2) is 9.97 Å². The van der Waals surface area contributed by atoms with Crippen molar-refractivity contribution in [3.05, 3.63) is 53.1 Å². The van der Waals surface area contributed by atoms with Gasteiger partial charge in [0.1, 0.15) is 17.2 Å². The number of carbonyl (C=O) groups is 1. The number of ether oxygens (including phenoxy) is 2. The maximum Gasteiger partial charge on any atom is 0.233 e. The molecule has 26 heavy (non-hydrogen) atoms. The van der Waals surface area contributed by atoms with E-state index in [1.165, 1.54) is 0 Å². The fourth-order valence-corrected chi connectivity index (χ4v) is 4.23. The highest BCUT2D eigenvalue weighted by Gasteiger charge is 2.59. The van der Waals surface area contributed by atoms with Crippen LogP contribution in [0.5, 0.6) is 5.75 Å². The molecule has 0 unspecified atom stereocenters. The first-order chi connectivity index (χ1) is 12.6. The minimum Gasteiger partial charge on any atom is -0.497 e. The number of amides is 1. The van der Waals surface area contributed by atoms with Crippen molar-refractivity contribution < 1.29 is 14.3 Å². The van der Waals surface area contributed by atoms with Crippen LogP contribution in [0.3, 0.4) is 0 Å². The first kappa shape index (κ1) is 15.8. The molecule has 3 aliphatic rings. The third kappa shape index (κ3) is 2.11. The molecule has 0 radical (unpaired) electrons. The molecule has 0 bridgehead atoms. The molecule has 6 heteroatoms. The molecule has 1 saturated carbocycles. The van der Waals surface area contributed by atoms with Crippen LogP contribution in [-0.2, 0) is 27.2 Å². The zero-order chi connectivity index (χ0) is 17.9. The van der Waals surface area contributed by atoms with Gasteiger partial charge < -0.3 is 14.4 Å². The molecular weight excluding hydrogens is 330 g/mol. The largest absolute Gasteiger partial charge is 0.497 e. The topological polar surface area (TPSA) is 64.5 Å². The van der Waals surface area contributed by atoms with Crippen molar-refractivity contribution >= 4 is 5.91 Å². The lowest BCUT2D eigenvalue weighted by molar-refractivity contribution is -0.171. The smallest absolute Gasteiger partial charge is 0.233 e. The minimum absolute atomic E-state index is 0.207. The average Bonchev–Trinajstić information content (AvgIpc) is 3.35. The van der Waals surface area contributed by atoms with Crippen molar-refractivity contribution in [1.29, 1.82) is 0 Å². The second-order valence-electron chi connectivity index (χ2n) is 7.53. The van der Waals surface area contributed by atoms with E-state index >= 15 is 0 Å². The van der Waals surface area contributed by atoms with Gasteiger partial charge in [0.25, 0.3) is 0 Å². The quantitative estimate of drug-likeness (QED) is 0.847. The number of likely N-dealkylation sites (tertiary alicyclic amines) is 1. The Bertz CT molecular complexity index is 884. The summed E-state index contributed by atoms with van der Waals surface area (Å²) in [6.07, 6.45) is 3.67. The number of benzene rings is 1. The molecule has 1 spiro atoms. The van der Waals surface area contributed by atoms with Crippen LogP contribution < -0.4 is 4.74 Å². The third-order valence-electron chi connectivity index (χ3n) is 5.95. The summed E-state index contributed by atoms with van der Waals surface area (Å²) in [5.41, 5.74) is 2.31. The van der Waals surface area contributed by atoms with E-state index in [9.17, 15) is 4.79 Å². The second kappa shape index (κ2) is 5.27. The highest BCUT2D eigenvalue weighted by atomic mass is 16.5. The zero-order valence-electron chi connectivity index (χ0n) is 15.0. The number of carbonyl (C=O) groups excluding carboxylic acids is 1. The summed E-state index contributed by atoms with van der Waals surface area (Å²) in [7, 11) is 1.65. The van der Waals surface area contributed by atoms with E-state index in [0.29, 0.717) is 19.7 Å². The van der Waals surface area contributed by atoms with E-state index in [2.05, 4.69) is 9.97 Å². The Morgan fingerprint density at radius 2 is 1.96 bits per heavy atom. The molecule has 1 aromatic carbocycles. The Morgan fingerprint density at radius 3 is 2.62 bits per heavy atom. The van der Waals surface area contributed by atoms with Gasteiger partial charge in [0.15, 0.2) is 0 Å². The van der Waals surface area contributed by atoms with E-state index in [1.807, 2.05) is 42.3 Å². The van der Waals surface area contributed by atoms with Gasteiger partial charge in [0, 0.05) is 11.8 Å². The Kier molecular flexibility index (Phi) is 3.19. The normalized spacial score (nSPS) is 21.2. The van der Waals surface area contributed by atoms with Crippen LogP contribution in [0, 0.1) is 6.92 Å². The van der Waals surface area contributed by atoms with Gasteiger partial charge in [-0.05, 0) is 37.5 Å². The third-order valence-corrected chi connectivity index (χ3v) is 5.95. The molecule has 2 aliphatic heterocycles. The summed E-state index contributed by atoms with van der Waals surface area (Å²) in [5.74, 6) is 1.78. The van der Waals surface area contributed by atoms with Gasteiger partial charge in [-0.3, -0.25) is 4.79 Å². The van der Waals surface area contributed by atoms with Crippen LogP contribution in [0.25, 0.3) is 0 Å². The summed E-state index contributed by atoms with van der Waals surface area (Å²) >= 11 is 0. The standard InChI is InChI=1S/C20H21N3O3/c1-13-21-9-16-17(22-13)10-26-20(16)11-23(12-20)18(24)19(7-8-19)14-3-5-15(25-2)6-4-14/h3-6,9H,7-8,10-12H2,1-2H3. The number of methoxy groups -OCH3 is 1. The molecule has 134 valence electrons.